The number of aryl methyl sites for hydroxylation is 1. The molecule has 22 heavy (non-hydrogen) atoms. The van der Waals surface area contributed by atoms with E-state index in [4.69, 9.17) is 0 Å². The topological polar surface area (TPSA) is 37.4 Å². The van der Waals surface area contributed by atoms with Crippen LogP contribution in [0, 0.1) is 29.1 Å². The van der Waals surface area contributed by atoms with Crippen LogP contribution in [0.25, 0.3) is 0 Å². The molecule has 0 unspecified atom stereocenters. The van der Waals surface area contributed by atoms with Crippen LogP contribution in [0.15, 0.2) is 36.4 Å². The van der Waals surface area contributed by atoms with Crippen molar-refractivity contribution in [3.05, 3.63) is 42.0 Å². The number of carbonyl (C=O) groups excluding carboxylic acids is 2. The normalized spacial score (nSPS) is 36.5. The molecule has 1 saturated heterocycles. The van der Waals surface area contributed by atoms with Crippen molar-refractivity contribution >= 4 is 17.5 Å². The molecular weight excluding hydrogens is 274 g/mol. The minimum Gasteiger partial charge on any atom is -0.274 e. The molecule has 4 aliphatic rings. The number of nitrogens with zero attached hydrogens (tertiary/aromatic N) is 1. The zero-order valence-electron chi connectivity index (χ0n) is 12.7. The van der Waals surface area contributed by atoms with Crippen molar-refractivity contribution < 1.29 is 9.59 Å². The van der Waals surface area contributed by atoms with Crippen molar-refractivity contribution in [1.82, 2.24) is 0 Å². The highest BCUT2D eigenvalue weighted by Gasteiger charge is 2.73. The molecule has 2 bridgehead atoms. The van der Waals surface area contributed by atoms with Gasteiger partial charge in [-0.1, -0.05) is 31.2 Å². The van der Waals surface area contributed by atoms with Gasteiger partial charge < -0.3 is 0 Å². The van der Waals surface area contributed by atoms with Gasteiger partial charge in [0, 0.05) is 0 Å². The van der Waals surface area contributed by atoms with Crippen LogP contribution in [-0.4, -0.2) is 11.8 Å². The summed E-state index contributed by atoms with van der Waals surface area (Å²) in [5.41, 5.74) is 2.24. The quantitative estimate of drug-likeness (QED) is 0.621. The van der Waals surface area contributed by atoms with Gasteiger partial charge in [0.15, 0.2) is 0 Å². The van der Waals surface area contributed by atoms with E-state index in [-0.39, 0.29) is 29.1 Å². The van der Waals surface area contributed by atoms with Gasteiger partial charge in [-0.2, -0.15) is 0 Å². The Morgan fingerprint density at radius 1 is 1.00 bits per heavy atom. The lowest BCUT2D eigenvalue weighted by Gasteiger charge is -2.21. The van der Waals surface area contributed by atoms with Crippen LogP contribution < -0.4 is 4.90 Å². The fourth-order valence-corrected chi connectivity index (χ4v) is 5.21. The van der Waals surface area contributed by atoms with Crippen molar-refractivity contribution in [3.63, 3.8) is 0 Å². The second kappa shape index (κ2) is 3.89. The maximum atomic E-state index is 12.9. The molecule has 1 spiro atoms. The van der Waals surface area contributed by atoms with Crippen LogP contribution in [0.2, 0.25) is 0 Å². The molecular formula is C19H19NO2. The maximum absolute atomic E-state index is 12.9. The van der Waals surface area contributed by atoms with E-state index in [0.29, 0.717) is 11.8 Å². The summed E-state index contributed by atoms with van der Waals surface area (Å²) in [6.07, 6.45) is 7.77. The Labute approximate surface area is 130 Å². The van der Waals surface area contributed by atoms with E-state index in [2.05, 4.69) is 19.1 Å². The molecule has 0 N–H and O–H groups in total. The summed E-state index contributed by atoms with van der Waals surface area (Å²) in [5, 5.41) is 0. The van der Waals surface area contributed by atoms with Gasteiger partial charge in [0.05, 0.1) is 17.5 Å². The molecule has 0 radical (unpaired) electrons. The lowest BCUT2D eigenvalue weighted by Crippen LogP contribution is -2.34. The third-order valence-electron chi connectivity index (χ3n) is 6.46. The van der Waals surface area contributed by atoms with Gasteiger partial charge >= 0.3 is 0 Å². The SMILES string of the molecule is CCc1ccc(N2C(=O)[C@@H]3[C@H](C2=O)[C@H]2C=C[C@@H]3C23CC3)cc1. The van der Waals surface area contributed by atoms with Crippen LogP contribution in [0.3, 0.4) is 0 Å². The fraction of sp³-hybridized carbons (Fsp3) is 0.474. The third-order valence-corrected chi connectivity index (χ3v) is 6.46. The van der Waals surface area contributed by atoms with Gasteiger partial charge in [0.1, 0.15) is 0 Å². The first kappa shape index (κ1) is 12.6. The van der Waals surface area contributed by atoms with Gasteiger partial charge in [-0.15, -0.1) is 0 Å². The monoisotopic (exact) mass is 293 g/mol. The molecule has 0 aromatic heterocycles. The molecule has 3 aliphatic carbocycles. The number of hydrogen-bond donors (Lipinski definition) is 0. The average molecular weight is 293 g/mol. The van der Waals surface area contributed by atoms with Crippen LogP contribution >= 0.6 is 0 Å². The van der Waals surface area contributed by atoms with E-state index in [0.717, 1.165) is 12.1 Å². The van der Waals surface area contributed by atoms with E-state index in [1.165, 1.54) is 23.3 Å². The molecule has 1 aromatic rings. The number of imide groups is 1. The van der Waals surface area contributed by atoms with E-state index in [1.807, 2.05) is 24.3 Å². The summed E-state index contributed by atoms with van der Waals surface area (Å²) in [6.45, 7) is 2.10. The Morgan fingerprint density at radius 2 is 1.55 bits per heavy atom. The zero-order chi connectivity index (χ0) is 15.1. The van der Waals surface area contributed by atoms with Crippen molar-refractivity contribution in [1.29, 1.82) is 0 Å². The molecule has 1 heterocycles. The van der Waals surface area contributed by atoms with Crippen LogP contribution in [-0.2, 0) is 16.0 Å². The average Bonchev–Trinajstić information content (AvgIpc) is 3.13. The Bertz CT molecular complexity index is 679. The van der Waals surface area contributed by atoms with Crippen molar-refractivity contribution in [2.75, 3.05) is 4.90 Å². The van der Waals surface area contributed by atoms with Gasteiger partial charge in [-0.05, 0) is 54.2 Å². The van der Waals surface area contributed by atoms with E-state index < -0.39 is 0 Å². The Hall–Kier alpha value is -1.90. The minimum absolute atomic E-state index is 0.0300. The van der Waals surface area contributed by atoms with E-state index >= 15 is 0 Å². The fourth-order valence-electron chi connectivity index (χ4n) is 5.21. The van der Waals surface area contributed by atoms with Crippen LogP contribution in [0.1, 0.15) is 25.3 Å². The third kappa shape index (κ3) is 1.29. The molecule has 2 saturated carbocycles. The molecule has 3 heteroatoms. The zero-order valence-corrected chi connectivity index (χ0v) is 12.7. The Balaban J connectivity index is 1.53. The highest BCUT2D eigenvalue weighted by molar-refractivity contribution is 6.23. The second-order valence-corrected chi connectivity index (χ2v) is 7.25. The molecule has 5 rings (SSSR count). The highest BCUT2D eigenvalue weighted by Crippen LogP contribution is 2.73. The highest BCUT2D eigenvalue weighted by atomic mass is 16.2. The largest absolute Gasteiger partial charge is 0.274 e. The van der Waals surface area contributed by atoms with Crippen molar-refractivity contribution in [2.24, 2.45) is 29.1 Å². The van der Waals surface area contributed by atoms with Gasteiger partial charge in [0.25, 0.3) is 0 Å². The molecule has 2 amide bonds. The lowest BCUT2D eigenvalue weighted by atomic mass is 9.85. The van der Waals surface area contributed by atoms with Crippen molar-refractivity contribution in [2.45, 2.75) is 26.2 Å². The summed E-state index contributed by atoms with van der Waals surface area (Å²) in [6, 6.07) is 7.86. The molecule has 3 fully saturated rings. The van der Waals surface area contributed by atoms with Gasteiger partial charge in [0.2, 0.25) is 11.8 Å². The van der Waals surface area contributed by atoms with E-state index in [9.17, 15) is 9.59 Å². The van der Waals surface area contributed by atoms with Crippen LogP contribution in [0.4, 0.5) is 5.69 Å². The number of fused-ring (bicyclic) bond motifs is 3. The van der Waals surface area contributed by atoms with Gasteiger partial charge in [-0.25, -0.2) is 0 Å². The predicted molar refractivity (Wildman–Crippen MR) is 83.1 cm³/mol. The molecule has 3 nitrogen and oxygen atoms in total. The number of benzene rings is 1. The molecule has 1 aliphatic heterocycles. The van der Waals surface area contributed by atoms with Crippen molar-refractivity contribution in [3.8, 4) is 0 Å². The first-order valence-electron chi connectivity index (χ1n) is 8.32. The predicted octanol–water partition coefficient (Wildman–Crippen LogP) is 2.95. The molecule has 4 atom stereocenters. The summed E-state index contributed by atoms with van der Waals surface area (Å²) < 4.78 is 0. The summed E-state index contributed by atoms with van der Waals surface area (Å²) in [7, 11) is 0. The first-order chi connectivity index (χ1) is 10.7. The van der Waals surface area contributed by atoms with E-state index in [1.54, 1.807) is 0 Å². The standard InChI is InChI=1S/C19H19NO2/c1-2-11-3-5-12(6-4-11)20-17(21)15-13-7-8-14(16(15)18(20)22)19(13)9-10-19/h3-8,13-16H,2,9-10H2,1H3/t13-,14+,15-,16+. The number of carbonyl (C=O) groups is 2. The maximum Gasteiger partial charge on any atom is 0.238 e. The molecule has 1 aromatic carbocycles. The lowest BCUT2D eigenvalue weighted by molar-refractivity contribution is -0.123. The number of allylic oxidation sites excluding steroid dienone is 2. The number of hydrogen-bond acceptors (Lipinski definition) is 2. The summed E-state index contributed by atoms with van der Waals surface area (Å²) in [5.74, 6) is 0.467. The summed E-state index contributed by atoms with van der Waals surface area (Å²) in [4.78, 5) is 27.3. The van der Waals surface area contributed by atoms with Gasteiger partial charge in [-0.3, -0.25) is 14.5 Å². The first-order valence-corrected chi connectivity index (χ1v) is 8.32. The number of amides is 2. The second-order valence-electron chi connectivity index (χ2n) is 7.25. The minimum atomic E-state index is -0.101. The number of anilines is 1. The van der Waals surface area contributed by atoms with Crippen LogP contribution in [0.5, 0.6) is 0 Å². The number of rotatable bonds is 2. The Morgan fingerprint density at radius 3 is 2.00 bits per heavy atom. The summed E-state index contributed by atoms with van der Waals surface area (Å²) >= 11 is 0. The Kier molecular flexibility index (Phi) is 2.23. The molecule has 112 valence electrons. The smallest absolute Gasteiger partial charge is 0.238 e.